The number of hydrogen-bond acceptors (Lipinski definition) is 3. The van der Waals surface area contributed by atoms with Gasteiger partial charge in [0.15, 0.2) is 0 Å². The van der Waals surface area contributed by atoms with Crippen LogP contribution in [0.2, 0.25) is 0 Å². The van der Waals surface area contributed by atoms with Gasteiger partial charge in [0.25, 0.3) is 0 Å². The van der Waals surface area contributed by atoms with Crippen molar-refractivity contribution in [2.24, 2.45) is 11.7 Å². The Bertz CT molecular complexity index is 185. The molecule has 1 aliphatic heterocycles. The van der Waals surface area contributed by atoms with Gasteiger partial charge in [0, 0.05) is 24.8 Å². The lowest BCUT2D eigenvalue weighted by atomic mass is 9.98. The van der Waals surface area contributed by atoms with E-state index in [0.29, 0.717) is 10.9 Å². The molecule has 0 radical (unpaired) electrons. The second-order valence-electron chi connectivity index (χ2n) is 3.74. The lowest BCUT2D eigenvalue weighted by molar-refractivity contribution is 0.216. The molecule has 1 heterocycles. The molecule has 0 aromatic heterocycles. The van der Waals surface area contributed by atoms with Crippen LogP contribution < -0.4 is 5.73 Å². The van der Waals surface area contributed by atoms with E-state index in [9.17, 15) is 0 Å². The maximum atomic E-state index is 5.68. The molecule has 1 atom stereocenters. The summed E-state index contributed by atoms with van der Waals surface area (Å²) >= 11 is 7.06. The highest BCUT2D eigenvalue weighted by atomic mass is 32.2. The molecule has 2 nitrogen and oxygen atoms in total. The highest BCUT2D eigenvalue weighted by Crippen LogP contribution is 2.16. The van der Waals surface area contributed by atoms with E-state index in [2.05, 4.69) is 11.8 Å². The first-order valence-corrected chi connectivity index (χ1v) is 6.89. The minimum Gasteiger partial charge on any atom is -0.393 e. The first-order valence-electron chi connectivity index (χ1n) is 5.33. The van der Waals surface area contributed by atoms with Crippen LogP contribution in [0, 0.1) is 5.92 Å². The van der Waals surface area contributed by atoms with Gasteiger partial charge in [-0.25, -0.2) is 0 Å². The third kappa shape index (κ3) is 4.15. The molecule has 0 aromatic carbocycles. The van der Waals surface area contributed by atoms with Crippen LogP contribution in [-0.2, 0) is 0 Å². The van der Waals surface area contributed by atoms with Crippen molar-refractivity contribution in [3.63, 3.8) is 0 Å². The number of nitrogens with zero attached hydrogens (tertiary/aromatic N) is 1. The summed E-state index contributed by atoms with van der Waals surface area (Å²) in [4.78, 5) is 3.20. The molecule has 0 amide bonds. The largest absolute Gasteiger partial charge is 0.393 e. The maximum Gasteiger partial charge on any atom is 0.0771 e. The number of nitrogens with two attached hydrogens (primary N) is 1. The SMILES string of the molecule is CCSCCN1CCCC(C(N)=S)C1. The van der Waals surface area contributed by atoms with E-state index in [1.54, 1.807) is 0 Å². The minimum atomic E-state index is 0.463. The van der Waals surface area contributed by atoms with Crippen molar-refractivity contribution >= 4 is 29.0 Å². The van der Waals surface area contributed by atoms with Crippen LogP contribution in [0.3, 0.4) is 0 Å². The van der Waals surface area contributed by atoms with Crippen LogP contribution in [0.5, 0.6) is 0 Å². The quantitative estimate of drug-likeness (QED) is 0.577. The van der Waals surface area contributed by atoms with Gasteiger partial charge >= 0.3 is 0 Å². The molecule has 1 rings (SSSR count). The lowest BCUT2D eigenvalue weighted by Gasteiger charge is -2.31. The molecule has 14 heavy (non-hydrogen) atoms. The van der Waals surface area contributed by atoms with Crippen molar-refractivity contribution in [2.75, 3.05) is 31.1 Å². The zero-order chi connectivity index (χ0) is 10.4. The summed E-state index contributed by atoms with van der Waals surface area (Å²) in [6.07, 6.45) is 2.44. The maximum absolute atomic E-state index is 5.68. The van der Waals surface area contributed by atoms with Crippen molar-refractivity contribution in [1.82, 2.24) is 4.90 Å². The summed E-state index contributed by atoms with van der Waals surface area (Å²) in [5, 5.41) is 0. The zero-order valence-corrected chi connectivity index (χ0v) is 10.5. The van der Waals surface area contributed by atoms with Crippen LogP contribution in [0.25, 0.3) is 0 Å². The minimum absolute atomic E-state index is 0.463. The highest BCUT2D eigenvalue weighted by molar-refractivity contribution is 7.99. The standard InChI is InChI=1S/C10H20N2S2/c1-2-14-7-6-12-5-3-4-9(8-12)10(11)13/h9H,2-8H2,1H3,(H2,11,13). The molecule has 0 saturated carbocycles. The Morgan fingerprint density at radius 3 is 3.07 bits per heavy atom. The van der Waals surface area contributed by atoms with Crippen molar-refractivity contribution in [3.8, 4) is 0 Å². The number of thioether (sulfide) groups is 1. The Kier molecular flexibility index (Phi) is 5.82. The van der Waals surface area contributed by atoms with Crippen molar-refractivity contribution < 1.29 is 0 Å². The van der Waals surface area contributed by atoms with Crippen molar-refractivity contribution in [3.05, 3.63) is 0 Å². The fourth-order valence-corrected chi connectivity index (χ4v) is 2.70. The molecule has 1 fully saturated rings. The number of thiocarbonyl (C=S) groups is 1. The van der Waals surface area contributed by atoms with E-state index >= 15 is 0 Å². The molecule has 0 bridgehead atoms. The topological polar surface area (TPSA) is 29.3 Å². The van der Waals surface area contributed by atoms with E-state index in [1.165, 1.54) is 37.4 Å². The number of likely N-dealkylation sites (tertiary alicyclic amines) is 1. The summed E-state index contributed by atoms with van der Waals surface area (Å²) in [5.74, 6) is 2.91. The van der Waals surface area contributed by atoms with Crippen LogP contribution >= 0.6 is 24.0 Å². The molecule has 2 N–H and O–H groups in total. The average molecular weight is 232 g/mol. The van der Waals surface area contributed by atoms with E-state index in [-0.39, 0.29) is 0 Å². The van der Waals surface area contributed by atoms with Crippen LogP contribution in [0.1, 0.15) is 19.8 Å². The predicted octanol–water partition coefficient (Wildman–Crippen LogP) is 1.74. The molecule has 1 aliphatic rings. The van der Waals surface area contributed by atoms with Crippen LogP contribution in [-0.4, -0.2) is 41.0 Å². The molecule has 1 saturated heterocycles. The number of hydrogen-bond donors (Lipinski definition) is 1. The molecule has 0 aromatic rings. The van der Waals surface area contributed by atoms with E-state index in [4.69, 9.17) is 18.0 Å². The summed E-state index contributed by atoms with van der Waals surface area (Å²) in [6.45, 7) is 5.71. The highest BCUT2D eigenvalue weighted by Gasteiger charge is 2.20. The molecule has 82 valence electrons. The number of rotatable bonds is 5. The van der Waals surface area contributed by atoms with Crippen LogP contribution in [0.15, 0.2) is 0 Å². The van der Waals surface area contributed by atoms with Gasteiger partial charge in [0.05, 0.1) is 4.99 Å². The smallest absolute Gasteiger partial charge is 0.0771 e. The summed E-state index contributed by atoms with van der Waals surface area (Å²) in [6, 6.07) is 0. The summed E-state index contributed by atoms with van der Waals surface area (Å²) in [5.41, 5.74) is 5.68. The van der Waals surface area contributed by atoms with Gasteiger partial charge in [-0.05, 0) is 25.1 Å². The Morgan fingerprint density at radius 2 is 2.43 bits per heavy atom. The first kappa shape index (κ1) is 12.3. The van der Waals surface area contributed by atoms with Crippen molar-refractivity contribution in [1.29, 1.82) is 0 Å². The fourth-order valence-electron chi connectivity index (χ4n) is 1.83. The first-order chi connectivity index (χ1) is 6.74. The summed E-state index contributed by atoms with van der Waals surface area (Å²) < 4.78 is 0. The van der Waals surface area contributed by atoms with Gasteiger partial charge in [-0.2, -0.15) is 11.8 Å². The van der Waals surface area contributed by atoms with E-state index < -0.39 is 0 Å². The van der Waals surface area contributed by atoms with E-state index in [0.717, 1.165) is 6.54 Å². The Hall–Kier alpha value is 0.200. The van der Waals surface area contributed by atoms with Gasteiger partial charge in [-0.3, -0.25) is 0 Å². The average Bonchev–Trinajstić information content (AvgIpc) is 2.19. The monoisotopic (exact) mass is 232 g/mol. The fraction of sp³-hybridized carbons (Fsp3) is 0.900. The summed E-state index contributed by atoms with van der Waals surface area (Å²) in [7, 11) is 0. The van der Waals surface area contributed by atoms with Crippen molar-refractivity contribution in [2.45, 2.75) is 19.8 Å². The zero-order valence-electron chi connectivity index (χ0n) is 8.87. The third-order valence-corrected chi connectivity index (χ3v) is 3.88. The second kappa shape index (κ2) is 6.64. The molecular weight excluding hydrogens is 212 g/mol. The molecule has 4 heteroatoms. The van der Waals surface area contributed by atoms with Gasteiger partial charge in [0.2, 0.25) is 0 Å². The third-order valence-electron chi connectivity index (χ3n) is 2.66. The van der Waals surface area contributed by atoms with E-state index in [1.807, 2.05) is 11.8 Å². The van der Waals surface area contributed by atoms with Crippen LogP contribution in [0.4, 0.5) is 0 Å². The van der Waals surface area contributed by atoms with Gasteiger partial charge < -0.3 is 10.6 Å². The lowest BCUT2D eigenvalue weighted by Crippen LogP contribution is -2.41. The normalized spacial score (nSPS) is 23.6. The molecule has 0 spiro atoms. The molecule has 0 aliphatic carbocycles. The van der Waals surface area contributed by atoms with Gasteiger partial charge in [0.1, 0.15) is 0 Å². The Morgan fingerprint density at radius 1 is 1.64 bits per heavy atom. The molecule has 1 unspecified atom stereocenters. The Balaban J connectivity index is 2.22. The second-order valence-corrected chi connectivity index (χ2v) is 5.60. The van der Waals surface area contributed by atoms with Gasteiger partial charge in [-0.1, -0.05) is 19.1 Å². The van der Waals surface area contributed by atoms with Gasteiger partial charge in [-0.15, -0.1) is 0 Å². The molecular formula is C10H20N2S2. The predicted molar refractivity (Wildman–Crippen MR) is 68.9 cm³/mol. The Labute approximate surface area is 96.6 Å². The number of piperidine rings is 1.